The summed E-state index contributed by atoms with van der Waals surface area (Å²) in [6.07, 6.45) is 5.68. The Hall–Kier alpha value is -1.91. The molecule has 0 aliphatic heterocycles. The van der Waals surface area contributed by atoms with E-state index in [2.05, 4.69) is 22.8 Å². The van der Waals surface area contributed by atoms with Gasteiger partial charge in [-0.2, -0.15) is 0 Å². The number of hydrogen-bond acceptors (Lipinski definition) is 2. The van der Waals surface area contributed by atoms with E-state index in [0.29, 0.717) is 16.9 Å². The van der Waals surface area contributed by atoms with Gasteiger partial charge in [0.1, 0.15) is 0 Å². The summed E-state index contributed by atoms with van der Waals surface area (Å²) in [6, 6.07) is 15.9. The van der Waals surface area contributed by atoms with Gasteiger partial charge in [0.05, 0.1) is 4.99 Å². The van der Waals surface area contributed by atoms with Gasteiger partial charge in [0.2, 0.25) is 5.91 Å². The van der Waals surface area contributed by atoms with Crippen molar-refractivity contribution in [3.05, 3.63) is 59.1 Å². The van der Waals surface area contributed by atoms with Crippen LogP contribution in [0.1, 0.15) is 64.4 Å². The molecule has 1 fully saturated rings. The fourth-order valence-corrected chi connectivity index (χ4v) is 4.33. The van der Waals surface area contributed by atoms with Crippen LogP contribution in [-0.2, 0) is 4.79 Å². The zero-order valence-corrected chi connectivity index (χ0v) is 19.1. The van der Waals surface area contributed by atoms with Crippen molar-refractivity contribution >= 4 is 46.1 Å². The molecule has 2 aromatic carbocycles. The Balaban J connectivity index is 0.00000145. The van der Waals surface area contributed by atoms with E-state index in [1.807, 2.05) is 50.2 Å². The van der Waals surface area contributed by atoms with Crippen LogP contribution in [0.3, 0.4) is 0 Å². The molecule has 1 saturated carbocycles. The molecule has 0 atom stereocenters. The Bertz CT molecular complexity index is 799. The number of hydrogen-bond donors (Lipinski definition) is 2. The van der Waals surface area contributed by atoms with Crippen molar-refractivity contribution in [1.29, 1.82) is 0 Å². The predicted molar refractivity (Wildman–Crippen MR) is 129 cm³/mol. The zero-order chi connectivity index (χ0) is 21.2. The smallest absolute Gasteiger partial charge is 0.221 e. The van der Waals surface area contributed by atoms with Crippen LogP contribution in [0.2, 0.25) is 5.02 Å². The Morgan fingerprint density at radius 2 is 1.66 bits per heavy atom. The molecule has 0 radical (unpaired) electrons. The quantitative estimate of drug-likeness (QED) is 0.484. The van der Waals surface area contributed by atoms with E-state index in [1.165, 1.54) is 38.2 Å². The molecule has 0 heterocycles. The molecule has 0 saturated heterocycles. The Labute approximate surface area is 185 Å². The zero-order valence-electron chi connectivity index (χ0n) is 17.5. The molecule has 3 nitrogen and oxygen atoms in total. The van der Waals surface area contributed by atoms with E-state index >= 15 is 0 Å². The summed E-state index contributed by atoms with van der Waals surface area (Å²) in [5, 5.41) is 6.84. The number of anilines is 2. The van der Waals surface area contributed by atoms with Gasteiger partial charge in [-0.15, -0.1) is 0 Å². The maximum absolute atomic E-state index is 11.1. The lowest BCUT2D eigenvalue weighted by Crippen LogP contribution is -2.19. The molecule has 3 rings (SSSR count). The van der Waals surface area contributed by atoms with Crippen molar-refractivity contribution in [2.24, 2.45) is 5.92 Å². The van der Waals surface area contributed by atoms with Crippen molar-refractivity contribution in [3.63, 3.8) is 0 Å². The number of carbonyl (C=O) groups is 1. The predicted octanol–water partition coefficient (Wildman–Crippen LogP) is 7.43. The van der Waals surface area contributed by atoms with Crippen LogP contribution in [0.4, 0.5) is 11.4 Å². The highest BCUT2D eigenvalue weighted by molar-refractivity contribution is 7.80. The van der Waals surface area contributed by atoms with Crippen molar-refractivity contribution in [2.75, 3.05) is 10.6 Å². The highest BCUT2D eigenvalue weighted by Crippen LogP contribution is 2.37. The van der Waals surface area contributed by atoms with E-state index in [-0.39, 0.29) is 5.91 Å². The van der Waals surface area contributed by atoms with E-state index in [9.17, 15) is 4.79 Å². The first-order chi connectivity index (χ1) is 14.0. The molecule has 0 unspecified atom stereocenters. The molecule has 1 aliphatic carbocycles. The van der Waals surface area contributed by atoms with Crippen molar-refractivity contribution < 1.29 is 4.79 Å². The van der Waals surface area contributed by atoms with Gasteiger partial charge in [0, 0.05) is 29.7 Å². The molecule has 1 aliphatic rings. The molecule has 0 bridgehead atoms. The Kier molecular flexibility index (Phi) is 9.62. The maximum atomic E-state index is 11.1. The third kappa shape index (κ3) is 7.79. The first-order valence-corrected chi connectivity index (χ1v) is 11.2. The second kappa shape index (κ2) is 11.9. The van der Waals surface area contributed by atoms with Gasteiger partial charge in [-0.25, -0.2) is 0 Å². The second-order valence-electron chi connectivity index (χ2n) is 7.28. The monoisotopic (exact) mass is 430 g/mol. The summed E-state index contributed by atoms with van der Waals surface area (Å²) < 4.78 is 0. The number of benzene rings is 2. The topological polar surface area (TPSA) is 41.1 Å². The van der Waals surface area contributed by atoms with Crippen LogP contribution < -0.4 is 10.6 Å². The van der Waals surface area contributed by atoms with Gasteiger partial charge in [0.15, 0.2) is 0 Å². The van der Waals surface area contributed by atoms with Gasteiger partial charge in [0.25, 0.3) is 0 Å². The molecule has 2 aromatic rings. The highest BCUT2D eigenvalue weighted by atomic mass is 35.5. The summed E-state index contributed by atoms with van der Waals surface area (Å²) in [4.78, 5) is 12.0. The minimum absolute atomic E-state index is 0.0365. The summed E-state index contributed by atoms with van der Waals surface area (Å²) in [5.74, 6) is 1.20. The minimum atomic E-state index is -0.0365. The maximum Gasteiger partial charge on any atom is 0.221 e. The molecule has 1 amide bonds. The lowest BCUT2D eigenvalue weighted by atomic mass is 9.77. The first kappa shape index (κ1) is 23.4. The molecular formula is C24H31ClN2OS. The van der Waals surface area contributed by atoms with E-state index in [0.717, 1.165) is 22.8 Å². The standard InChI is InChI=1S/C22H25ClN2OS.C2H6/c1-15(26)24-20-11-9-18(10-12-20)17-7-5-16(6-8-17)13-22(27)25-21-4-2-3-19(23)14-21;1-2/h2-4,9-12,14,16-17H,5-8,13H2,1H3,(H,24,26)(H,25,27);1-2H3. The molecule has 5 heteroatoms. The largest absolute Gasteiger partial charge is 0.350 e. The van der Waals surface area contributed by atoms with Crippen LogP contribution in [0.15, 0.2) is 48.5 Å². The van der Waals surface area contributed by atoms with Crippen molar-refractivity contribution in [3.8, 4) is 0 Å². The number of halogens is 1. The average molecular weight is 431 g/mol. The van der Waals surface area contributed by atoms with Crippen molar-refractivity contribution in [1.82, 2.24) is 0 Å². The third-order valence-corrected chi connectivity index (χ3v) is 5.64. The lowest BCUT2D eigenvalue weighted by Gasteiger charge is -2.29. The summed E-state index contributed by atoms with van der Waals surface area (Å²) in [7, 11) is 0. The van der Waals surface area contributed by atoms with Crippen LogP contribution in [0.25, 0.3) is 0 Å². The number of nitrogens with one attached hydrogen (secondary N) is 2. The number of rotatable bonds is 5. The number of amides is 1. The van der Waals surface area contributed by atoms with Crippen LogP contribution in [0, 0.1) is 5.92 Å². The van der Waals surface area contributed by atoms with Gasteiger partial charge in [-0.1, -0.05) is 55.9 Å². The van der Waals surface area contributed by atoms with E-state index in [1.54, 1.807) is 0 Å². The fourth-order valence-electron chi connectivity index (χ4n) is 3.78. The SMILES string of the molecule is CC.CC(=O)Nc1ccc(C2CCC(CC(=S)Nc3cccc(Cl)c3)CC2)cc1. The fraction of sp³-hybridized carbons (Fsp3) is 0.417. The first-order valence-electron chi connectivity index (χ1n) is 10.4. The van der Waals surface area contributed by atoms with Crippen molar-refractivity contribution in [2.45, 2.75) is 58.8 Å². The minimum Gasteiger partial charge on any atom is -0.350 e. The van der Waals surface area contributed by atoms with Crippen LogP contribution in [-0.4, -0.2) is 10.9 Å². The van der Waals surface area contributed by atoms with Crippen LogP contribution in [0.5, 0.6) is 0 Å². The van der Waals surface area contributed by atoms with Gasteiger partial charge in [-0.3, -0.25) is 4.79 Å². The summed E-state index contributed by atoms with van der Waals surface area (Å²) in [6.45, 7) is 5.53. The number of carbonyl (C=O) groups excluding carboxylic acids is 1. The van der Waals surface area contributed by atoms with E-state index in [4.69, 9.17) is 23.8 Å². The molecule has 29 heavy (non-hydrogen) atoms. The lowest BCUT2D eigenvalue weighted by molar-refractivity contribution is -0.114. The normalized spacial score (nSPS) is 18.2. The average Bonchev–Trinajstić information content (AvgIpc) is 2.70. The van der Waals surface area contributed by atoms with Gasteiger partial charge >= 0.3 is 0 Å². The Morgan fingerprint density at radius 3 is 2.24 bits per heavy atom. The van der Waals surface area contributed by atoms with E-state index < -0.39 is 0 Å². The molecule has 2 N–H and O–H groups in total. The van der Waals surface area contributed by atoms with Crippen LogP contribution >= 0.6 is 23.8 Å². The van der Waals surface area contributed by atoms with Gasteiger partial charge in [-0.05, 0) is 73.4 Å². The Morgan fingerprint density at radius 1 is 1.00 bits per heavy atom. The molecule has 0 aromatic heterocycles. The second-order valence-corrected chi connectivity index (χ2v) is 8.21. The molecule has 156 valence electrons. The highest BCUT2D eigenvalue weighted by Gasteiger charge is 2.23. The third-order valence-electron chi connectivity index (χ3n) is 5.13. The summed E-state index contributed by atoms with van der Waals surface area (Å²) >= 11 is 11.6. The summed E-state index contributed by atoms with van der Waals surface area (Å²) in [5.41, 5.74) is 3.18. The van der Waals surface area contributed by atoms with Gasteiger partial charge < -0.3 is 10.6 Å². The molecular weight excluding hydrogens is 400 g/mol. The molecule has 0 spiro atoms. The number of thiocarbonyl (C=S) groups is 1.